The number of hydrogen-bond donors (Lipinski definition) is 1. The molecule has 27 heavy (non-hydrogen) atoms. The second-order valence-corrected chi connectivity index (χ2v) is 8.62. The molecule has 1 fully saturated rings. The number of rotatable bonds is 1. The number of carbonyl (C=O) groups excluding carboxylic acids is 1. The Kier molecular flexibility index (Phi) is 4.08. The summed E-state index contributed by atoms with van der Waals surface area (Å²) < 4.78 is 7.31. The number of fused-ring (bicyclic) bond motifs is 3. The first-order valence-corrected chi connectivity index (χ1v) is 10.2. The van der Waals surface area contributed by atoms with E-state index >= 15 is 0 Å². The van der Waals surface area contributed by atoms with Crippen LogP contribution in [-0.4, -0.2) is 28.9 Å². The van der Waals surface area contributed by atoms with E-state index in [0.29, 0.717) is 30.3 Å². The first-order chi connectivity index (χ1) is 13.1. The Morgan fingerprint density at radius 1 is 1.19 bits per heavy atom. The molecule has 1 N–H and O–H groups in total. The van der Waals surface area contributed by atoms with E-state index in [1.807, 2.05) is 23.1 Å². The Labute approximate surface area is 170 Å². The Balaban J connectivity index is 1.37. The van der Waals surface area contributed by atoms with Gasteiger partial charge in [0.15, 0.2) is 0 Å². The van der Waals surface area contributed by atoms with Gasteiger partial charge in [0.1, 0.15) is 0 Å². The van der Waals surface area contributed by atoms with E-state index in [1.165, 1.54) is 11.1 Å². The van der Waals surface area contributed by atoms with Crippen molar-refractivity contribution in [1.29, 1.82) is 0 Å². The van der Waals surface area contributed by atoms with Crippen LogP contribution in [0.3, 0.4) is 0 Å². The number of carbonyl (C=O) groups is 1. The molecule has 1 aromatic heterocycles. The minimum absolute atomic E-state index is 0.0625. The van der Waals surface area contributed by atoms with Crippen molar-refractivity contribution in [1.82, 2.24) is 9.88 Å². The Morgan fingerprint density at radius 3 is 2.81 bits per heavy atom. The molecule has 2 aromatic carbocycles. The van der Waals surface area contributed by atoms with Crippen molar-refractivity contribution in [3.05, 3.63) is 68.8 Å². The van der Waals surface area contributed by atoms with Crippen LogP contribution in [0, 0.1) is 0 Å². The predicted octanol–water partition coefficient (Wildman–Crippen LogP) is 5.25. The van der Waals surface area contributed by atoms with Crippen molar-refractivity contribution in [2.45, 2.75) is 25.0 Å². The summed E-state index contributed by atoms with van der Waals surface area (Å²) in [7, 11) is 0. The summed E-state index contributed by atoms with van der Waals surface area (Å²) in [6.45, 7) is 2.02. The molecule has 3 heterocycles. The summed E-state index contributed by atoms with van der Waals surface area (Å²) in [5, 5.41) is 1.57. The fourth-order valence-corrected chi connectivity index (χ4v) is 4.93. The van der Waals surface area contributed by atoms with Gasteiger partial charge >= 0.3 is 0 Å². The number of hydrogen-bond acceptors (Lipinski definition) is 2. The predicted molar refractivity (Wildman–Crippen MR) is 109 cm³/mol. The highest BCUT2D eigenvalue weighted by Gasteiger charge is 2.43. The molecule has 0 atom stereocenters. The van der Waals surface area contributed by atoms with Gasteiger partial charge in [0, 0.05) is 39.7 Å². The van der Waals surface area contributed by atoms with Crippen LogP contribution in [0.4, 0.5) is 0 Å². The number of aromatic nitrogens is 1. The van der Waals surface area contributed by atoms with Gasteiger partial charge in [-0.25, -0.2) is 0 Å². The van der Waals surface area contributed by atoms with Gasteiger partial charge in [0.2, 0.25) is 0 Å². The van der Waals surface area contributed by atoms with Gasteiger partial charge < -0.3 is 14.6 Å². The van der Waals surface area contributed by atoms with E-state index in [0.717, 1.165) is 28.2 Å². The summed E-state index contributed by atoms with van der Waals surface area (Å²) in [4.78, 5) is 18.2. The molecule has 0 bridgehead atoms. The molecule has 1 spiro atoms. The molecule has 0 aliphatic carbocycles. The van der Waals surface area contributed by atoms with Crippen molar-refractivity contribution in [3.8, 4) is 0 Å². The zero-order valence-electron chi connectivity index (χ0n) is 14.6. The number of benzene rings is 2. The molecular weight excluding hydrogens is 428 g/mol. The van der Waals surface area contributed by atoms with Gasteiger partial charge in [0.05, 0.1) is 17.8 Å². The largest absolute Gasteiger partial charge is 0.365 e. The van der Waals surface area contributed by atoms with Crippen LogP contribution >= 0.6 is 27.5 Å². The third-order valence-corrected chi connectivity index (χ3v) is 6.52. The Hall–Kier alpha value is -1.82. The number of ether oxygens (including phenoxy) is 1. The topological polar surface area (TPSA) is 45.3 Å². The monoisotopic (exact) mass is 444 g/mol. The molecule has 1 saturated heterocycles. The van der Waals surface area contributed by atoms with Gasteiger partial charge in [-0.2, -0.15) is 0 Å². The molecule has 0 saturated carbocycles. The number of halogens is 2. The molecule has 138 valence electrons. The van der Waals surface area contributed by atoms with Gasteiger partial charge in [-0.3, -0.25) is 4.79 Å². The second-order valence-electron chi connectivity index (χ2n) is 7.27. The maximum Gasteiger partial charge on any atom is 0.256 e. The fraction of sp³-hybridized carbons (Fsp3) is 0.286. The van der Waals surface area contributed by atoms with E-state index in [-0.39, 0.29) is 11.5 Å². The lowest BCUT2D eigenvalue weighted by molar-refractivity contribution is -0.0741. The third kappa shape index (κ3) is 2.80. The zero-order valence-corrected chi connectivity index (χ0v) is 16.9. The van der Waals surface area contributed by atoms with Crippen molar-refractivity contribution in [3.63, 3.8) is 0 Å². The summed E-state index contributed by atoms with van der Waals surface area (Å²) in [6.07, 6.45) is 3.43. The molecule has 1 amide bonds. The number of aromatic amines is 1. The van der Waals surface area contributed by atoms with Gasteiger partial charge in [-0.1, -0.05) is 39.7 Å². The van der Waals surface area contributed by atoms with Gasteiger partial charge in [0.25, 0.3) is 5.91 Å². The van der Waals surface area contributed by atoms with Crippen molar-refractivity contribution in [2.24, 2.45) is 0 Å². The van der Waals surface area contributed by atoms with Crippen LogP contribution in [0.25, 0.3) is 10.9 Å². The van der Waals surface area contributed by atoms with Crippen LogP contribution in [0.5, 0.6) is 0 Å². The quantitative estimate of drug-likeness (QED) is 0.556. The van der Waals surface area contributed by atoms with E-state index < -0.39 is 0 Å². The normalized spacial score (nSPS) is 18.2. The minimum atomic E-state index is -0.249. The summed E-state index contributed by atoms with van der Waals surface area (Å²) in [6, 6.07) is 11.9. The number of nitrogens with one attached hydrogen (secondary N) is 1. The highest BCUT2D eigenvalue weighted by molar-refractivity contribution is 9.10. The van der Waals surface area contributed by atoms with Crippen LogP contribution in [0.2, 0.25) is 5.02 Å². The van der Waals surface area contributed by atoms with E-state index in [1.54, 1.807) is 6.20 Å². The Bertz CT molecular complexity index is 1050. The number of likely N-dealkylation sites (tertiary alicyclic amines) is 1. The van der Waals surface area contributed by atoms with Crippen LogP contribution in [0.1, 0.15) is 34.3 Å². The molecular formula is C21H18BrClN2O2. The van der Waals surface area contributed by atoms with Gasteiger partial charge in [-0.15, -0.1) is 0 Å². The fourth-order valence-electron chi connectivity index (χ4n) is 4.35. The third-order valence-electron chi connectivity index (χ3n) is 5.79. The summed E-state index contributed by atoms with van der Waals surface area (Å²) in [5.74, 6) is 0.0625. The van der Waals surface area contributed by atoms with Crippen LogP contribution in [-0.2, 0) is 16.9 Å². The maximum absolute atomic E-state index is 13.1. The SMILES string of the molecule is O=C(c1c[nH]c2cc(Cl)ccc12)N1CCC2(CC1)OCc1cc(Br)ccc12. The standard InChI is InChI=1S/C21H18BrClN2O2/c22-14-1-4-18-13(9-14)12-27-21(18)5-7-25(8-6-21)20(26)17-11-24-19-10-15(23)2-3-16(17)19/h1-4,9-11,24H,5-8,12H2. The lowest BCUT2D eigenvalue weighted by Gasteiger charge is -2.39. The van der Waals surface area contributed by atoms with Crippen LogP contribution < -0.4 is 0 Å². The highest BCUT2D eigenvalue weighted by Crippen LogP contribution is 2.45. The molecule has 6 heteroatoms. The van der Waals surface area contributed by atoms with Crippen molar-refractivity contribution < 1.29 is 9.53 Å². The number of H-pyrrole nitrogens is 1. The number of piperidine rings is 1. The maximum atomic E-state index is 13.1. The average molecular weight is 446 g/mol. The molecule has 2 aliphatic rings. The molecule has 0 radical (unpaired) electrons. The van der Waals surface area contributed by atoms with Gasteiger partial charge in [-0.05, 0) is 48.2 Å². The van der Waals surface area contributed by atoms with E-state index in [2.05, 4.69) is 39.1 Å². The number of nitrogens with zero attached hydrogens (tertiary/aromatic N) is 1. The van der Waals surface area contributed by atoms with Crippen molar-refractivity contribution in [2.75, 3.05) is 13.1 Å². The van der Waals surface area contributed by atoms with E-state index in [4.69, 9.17) is 16.3 Å². The lowest BCUT2D eigenvalue weighted by atomic mass is 9.83. The van der Waals surface area contributed by atoms with Crippen LogP contribution in [0.15, 0.2) is 47.1 Å². The zero-order chi connectivity index (χ0) is 18.6. The smallest absolute Gasteiger partial charge is 0.256 e. The summed E-state index contributed by atoms with van der Waals surface area (Å²) >= 11 is 9.58. The minimum Gasteiger partial charge on any atom is -0.365 e. The average Bonchev–Trinajstić information content (AvgIpc) is 3.23. The van der Waals surface area contributed by atoms with E-state index in [9.17, 15) is 4.79 Å². The molecule has 0 unspecified atom stereocenters. The molecule has 3 aromatic rings. The highest BCUT2D eigenvalue weighted by atomic mass is 79.9. The summed E-state index contributed by atoms with van der Waals surface area (Å²) in [5.41, 5.74) is 3.87. The van der Waals surface area contributed by atoms with Crippen molar-refractivity contribution >= 4 is 44.3 Å². The lowest BCUT2D eigenvalue weighted by Crippen LogP contribution is -2.45. The second kappa shape index (κ2) is 6.36. The number of amides is 1. The Morgan fingerprint density at radius 2 is 2.00 bits per heavy atom. The molecule has 4 nitrogen and oxygen atoms in total. The first-order valence-electron chi connectivity index (χ1n) is 9.05. The molecule has 5 rings (SSSR count). The molecule has 2 aliphatic heterocycles. The first kappa shape index (κ1) is 17.3.